The van der Waals surface area contributed by atoms with Crippen LogP contribution in [0.4, 0.5) is 5.69 Å². The summed E-state index contributed by atoms with van der Waals surface area (Å²) in [5.74, 6) is 0. The van der Waals surface area contributed by atoms with Gasteiger partial charge < -0.3 is 10.2 Å². The fourth-order valence-corrected chi connectivity index (χ4v) is 3.45. The molecule has 4 heteroatoms. The van der Waals surface area contributed by atoms with Crippen LogP contribution in [0.25, 0.3) is 0 Å². The topological polar surface area (TPSA) is 15.3 Å². The molecule has 19 heavy (non-hydrogen) atoms. The third kappa shape index (κ3) is 4.27. The lowest BCUT2D eigenvalue weighted by Gasteiger charge is -2.32. The van der Waals surface area contributed by atoms with E-state index in [-0.39, 0.29) is 0 Å². The summed E-state index contributed by atoms with van der Waals surface area (Å²) in [6, 6.07) is 6.70. The molecule has 2 atom stereocenters. The molecule has 0 heterocycles. The Morgan fingerprint density at radius 2 is 1.63 bits per heavy atom. The molecule has 0 saturated heterocycles. The first-order valence-corrected chi connectivity index (χ1v) is 7.71. The van der Waals surface area contributed by atoms with E-state index in [1.54, 1.807) is 6.07 Å². The van der Waals surface area contributed by atoms with Gasteiger partial charge in [0.2, 0.25) is 0 Å². The van der Waals surface area contributed by atoms with Crippen molar-refractivity contribution in [2.24, 2.45) is 0 Å². The standard InChI is InChI=1S/C15H22Cl2N2/c1-19(2)15-7-5-3-4-6-14(15)18-13-9-11(16)8-12(17)10-13/h8-10,14-15,18H,3-7H2,1-2H3. The lowest BCUT2D eigenvalue weighted by atomic mass is 10.0. The number of rotatable bonds is 3. The third-order valence-electron chi connectivity index (χ3n) is 3.86. The van der Waals surface area contributed by atoms with Gasteiger partial charge in [0.25, 0.3) is 0 Å². The molecule has 0 bridgehead atoms. The number of nitrogens with one attached hydrogen (secondary N) is 1. The van der Waals surface area contributed by atoms with Crippen molar-refractivity contribution < 1.29 is 0 Å². The van der Waals surface area contributed by atoms with Gasteiger partial charge in [-0.3, -0.25) is 0 Å². The van der Waals surface area contributed by atoms with Gasteiger partial charge in [0.1, 0.15) is 0 Å². The van der Waals surface area contributed by atoms with Crippen molar-refractivity contribution in [2.45, 2.75) is 44.2 Å². The highest BCUT2D eigenvalue weighted by Gasteiger charge is 2.25. The summed E-state index contributed by atoms with van der Waals surface area (Å²) in [5.41, 5.74) is 1.02. The summed E-state index contributed by atoms with van der Waals surface area (Å²) >= 11 is 12.1. The van der Waals surface area contributed by atoms with Gasteiger partial charge in [-0.05, 0) is 45.1 Å². The molecule has 1 saturated carbocycles. The Morgan fingerprint density at radius 1 is 1.00 bits per heavy atom. The van der Waals surface area contributed by atoms with Crippen LogP contribution < -0.4 is 5.32 Å². The van der Waals surface area contributed by atoms with E-state index in [1.165, 1.54) is 32.1 Å². The van der Waals surface area contributed by atoms with Crippen LogP contribution in [0.5, 0.6) is 0 Å². The molecule has 2 nitrogen and oxygen atoms in total. The lowest BCUT2D eigenvalue weighted by molar-refractivity contribution is 0.251. The molecule has 1 N–H and O–H groups in total. The van der Waals surface area contributed by atoms with Crippen molar-refractivity contribution in [3.8, 4) is 0 Å². The molecule has 0 aliphatic heterocycles. The van der Waals surface area contributed by atoms with Crippen molar-refractivity contribution in [3.63, 3.8) is 0 Å². The Morgan fingerprint density at radius 3 is 2.26 bits per heavy atom. The van der Waals surface area contributed by atoms with Gasteiger partial charge >= 0.3 is 0 Å². The number of halogens is 2. The fourth-order valence-electron chi connectivity index (χ4n) is 2.93. The first kappa shape index (κ1) is 15.0. The zero-order valence-electron chi connectivity index (χ0n) is 11.6. The van der Waals surface area contributed by atoms with E-state index in [0.717, 1.165) is 5.69 Å². The maximum absolute atomic E-state index is 6.06. The Kier molecular flexibility index (Phi) is 5.37. The predicted octanol–water partition coefficient (Wildman–Crippen LogP) is 4.67. The second-order valence-corrected chi connectivity index (χ2v) is 6.45. The quantitative estimate of drug-likeness (QED) is 0.816. The summed E-state index contributed by atoms with van der Waals surface area (Å²) in [6.07, 6.45) is 6.39. The zero-order valence-corrected chi connectivity index (χ0v) is 13.1. The Balaban J connectivity index is 2.13. The minimum Gasteiger partial charge on any atom is -0.381 e. The van der Waals surface area contributed by atoms with Crippen LogP contribution in [0.15, 0.2) is 18.2 Å². The highest BCUT2D eigenvalue weighted by Crippen LogP contribution is 2.27. The van der Waals surface area contributed by atoms with Gasteiger partial charge in [0.15, 0.2) is 0 Å². The average Bonchev–Trinajstić information content (AvgIpc) is 2.53. The molecule has 1 aromatic carbocycles. The first-order chi connectivity index (χ1) is 9.06. The molecule has 0 radical (unpaired) electrons. The number of hydrogen-bond acceptors (Lipinski definition) is 2. The molecule has 0 amide bonds. The van der Waals surface area contributed by atoms with Crippen molar-refractivity contribution >= 4 is 28.9 Å². The van der Waals surface area contributed by atoms with E-state index in [2.05, 4.69) is 24.3 Å². The SMILES string of the molecule is CN(C)C1CCCCCC1Nc1cc(Cl)cc(Cl)c1. The highest BCUT2D eigenvalue weighted by atomic mass is 35.5. The molecule has 2 unspecified atom stereocenters. The highest BCUT2D eigenvalue weighted by molar-refractivity contribution is 6.35. The van der Waals surface area contributed by atoms with Gasteiger partial charge in [-0.1, -0.05) is 42.5 Å². The first-order valence-electron chi connectivity index (χ1n) is 6.95. The molecule has 2 rings (SSSR count). The average molecular weight is 301 g/mol. The summed E-state index contributed by atoms with van der Waals surface area (Å²) in [7, 11) is 4.32. The summed E-state index contributed by atoms with van der Waals surface area (Å²) in [6.45, 7) is 0. The van der Waals surface area contributed by atoms with E-state index < -0.39 is 0 Å². The molecule has 0 spiro atoms. The van der Waals surface area contributed by atoms with E-state index in [0.29, 0.717) is 22.1 Å². The fraction of sp³-hybridized carbons (Fsp3) is 0.600. The second-order valence-electron chi connectivity index (χ2n) is 5.58. The van der Waals surface area contributed by atoms with Crippen LogP contribution >= 0.6 is 23.2 Å². The Hall–Kier alpha value is -0.440. The molecule has 106 valence electrons. The number of benzene rings is 1. The van der Waals surface area contributed by atoms with E-state index in [4.69, 9.17) is 23.2 Å². The van der Waals surface area contributed by atoms with Gasteiger partial charge in [-0.15, -0.1) is 0 Å². The maximum atomic E-state index is 6.06. The van der Waals surface area contributed by atoms with Crippen LogP contribution in [0.1, 0.15) is 32.1 Å². The summed E-state index contributed by atoms with van der Waals surface area (Å²) in [4.78, 5) is 2.33. The molecular weight excluding hydrogens is 279 g/mol. The lowest BCUT2D eigenvalue weighted by Crippen LogP contribution is -2.42. The van der Waals surface area contributed by atoms with Gasteiger partial charge in [0.05, 0.1) is 0 Å². The molecule has 1 aromatic rings. The minimum absolute atomic E-state index is 0.465. The van der Waals surface area contributed by atoms with E-state index in [9.17, 15) is 0 Å². The number of anilines is 1. The van der Waals surface area contributed by atoms with Crippen LogP contribution in [-0.2, 0) is 0 Å². The largest absolute Gasteiger partial charge is 0.381 e. The normalized spacial score (nSPS) is 24.3. The number of hydrogen-bond donors (Lipinski definition) is 1. The number of likely N-dealkylation sites (N-methyl/N-ethyl adjacent to an activating group) is 1. The van der Waals surface area contributed by atoms with Crippen LogP contribution in [-0.4, -0.2) is 31.1 Å². The third-order valence-corrected chi connectivity index (χ3v) is 4.29. The summed E-state index contributed by atoms with van der Waals surface area (Å²) < 4.78 is 0. The van der Waals surface area contributed by atoms with Gasteiger partial charge in [-0.2, -0.15) is 0 Å². The van der Waals surface area contributed by atoms with E-state index in [1.807, 2.05) is 12.1 Å². The molecular formula is C15H22Cl2N2. The zero-order chi connectivity index (χ0) is 13.8. The molecule has 1 aliphatic rings. The number of nitrogens with zero attached hydrogens (tertiary/aromatic N) is 1. The van der Waals surface area contributed by atoms with Crippen LogP contribution in [0, 0.1) is 0 Å². The van der Waals surface area contributed by atoms with Crippen LogP contribution in [0.2, 0.25) is 10.0 Å². The van der Waals surface area contributed by atoms with Crippen molar-refractivity contribution in [3.05, 3.63) is 28.2 Å². The van der Waals surface area contributed by atoms with Gasteiger partial charge in [0, 0.05) is 27.8 Å². The Labute approximate surface area is 126 Å². The monoisotopic (exact) mass is 300 g/mol. The Bertz CT molecular complexity index is 400. The second kappa shape index (κ2) is 6.83. The molecule has 0 aromatic heterocycles. The van der Waals surface area contributed by atoms with Crippen molar-refractivity contribution in [1.82, 2.24) is 4.90 Å². The predicted molar refractivity (Wildman–Crippen MR) is 84.4 cm³/mol. The maximum Gasteiger partial charge on any atom is 0.0441 e. The molecule has 1 aliphatic carbocycles. The van der Waals surface area contributed by atoms with Crippen molar-refractivity contribution in [2.75, 3.05) is 19.4 Å². The molecule has 1 fully saturated rings. The summed E-state index contributed by atoms with van der Waals surface area (Å²) in [5, 5.41) is 4.99. The van der Waals surface area contributed by atoms with E-state index >= 15 is 0 Å². The minimum atomic E-state index is 0.465. The van der Waals surface area contributed by atoms with Crippen LogP contribution in [0.3, 0.4) is 0 Å². The van der Waals surface area contributed by atoms with Gasteiger partial charge in [-0.25, -0.2) is 0 Å². The van der Waals surface area contributed by atoms with Crippen molar-refractivity contribution in [1.29, 1.82) is 0 Å². The smallest absolute Gasteiger partial charge is 0.0441 e.